The summed E-state index contributed by atoms with van der Waals surface area (Å²) < 4.78 is 5.16. The van der Waals surface area contributed by atoms with Crippen LogP contribution >= 0.6 is 0 Å². The molecule has 18 heavy (non-hydrogen) atoms. The predicted octanol–water partition coefficient (Wildman–Crippen LogP) is 2.90. The molecule has 3 heteroatoms. The van der Waals surface area contributed by atoms with Crippen molar-refractivity contribution in [3.8, 4) is 5.75 Å². The van der Waals surface area contributed by atoms with E-state index in [9.17, 15) is 0 Å². The summed E-state index contributed by atoms with van der Waals surface area (Å²) in [5, 5.41) is 0. The zero-order chi connectivity index (χ0) is 13.6. The van der Waals surface area contributed by atoms with E-state index >= 15 is 0 Å². The highest BCUT2D eigenvalue weighted by atomic mass is 16.5. The topological polar surface area (TPSA) is 47.3 Å². The molecule has 1 rings (SSSR count). The monoisotopic (exact) mass is 250 g/mol. The number of aryl methyl sites for hydroxylation is 1. The number of methoxy groups -OCH3 is 1. The van der Waals surface area contributed by atoms with Crippen LogP contribution in [0.4, 0.5) is 0 Å². The average molecular weight is 250 g/mol. The van der Waals surface area contributed by atoms with Crippen molar-refractivity contribution in [1.82, 2.24) is 5.43 Å². The molecule has 0 aromatic heterocycles. The van der Waals surface area contributed by atoms with Crippen LogP contribution in [0.15, 0.2) is 24.3 Å². The normalized spacial score (nSPS) is 13.4. The molecule has 0 spiro atoms. The van der Waals surface area contributed by atoms with Crippen molar-refractivity contribution >= 4 is 0 Å². The Labute approximate surface area is 111 Å². The molecular weight excluding hydrogens is 224 g/mol. The lowest BCUT2D eigenvalue weighted by atomic mass is 9.79. The van der Waals surface area contributed by atoms with E-state index in [4.69, 9.17) is 10.6 Å². The van der Waals surface area contributed by atoms with Crippen LogP contribution in [0.25, 0.3) is 0 Å². The number of nitrogens with two attached hydrogens (primary N) is 1. The van der Waals surface area contributed by atoms with Gasteiger partial charge in [-0.3, -0.25) is 11.3 Å². The van der Waals surface area contributed by atoms with Crippen LogP contribution < -0.4 is 16.0 Å². The molecule has 0 saturated carbocycles. The number of hydrogen-bond acceptors (Lipinski definition) is 3. The largest absolute Gasteiger partial charge is 0.497 e. The van der Waals surface area contributed by atoms with E-state index in [0.29, 0.717) is 6.04 Å². The van der Waals surface area contributed by atoms with E-state index in [1.54, 1.807) is 7.11 Å². The second kappa shape index (κ2) is 6.76. The Bertz CT molecular complexity index is 346. The second-order valence-corrected chi connectivity index (χ2v) is 5.45. The Kier molecular flexibility index (Phi) is 5.63. The Morgan fingerprint density at radius 3 is 2.33 bits per heavy atom. The first kappa shape index (κ1) is 15.0. The van der Waals surface area contributed by atoms with Crippen molar-refractivity contribution in [3.63, 3.8) is 0 Å². The minimum absolute atomic E-state index is 0.223. The fraction of sp³-hybridized carbons (Fsp3) is 0.600. The molecule has 0 amide bonds. The van der Waals surface area contributed by atoms with Crippen molar-refractivity contribution in [2.45, 2.75) is 46.1 Å². The third-order valence-corrected chi connectivity index (χ3v) is 3.94. The van der Waals surface area contributed by atoms with Gasteiger partial charge in [0, 0.05) is 6.04 Å². The maximum absolute atomic E-state index is 5.67. The molecule has 1 unspecified atom stereocenters. The third kappa shape index (κ3) is 4.00. The van der Waals surface area contributed by atoms with Crippen molar-refractivity contribution in [3.05, 3.63) is 29.8 Å². The van der Waals surface area contributed by atoms with E-state index in [1.807, 2.05) is 12.1 Å². The van der Waals surface area contributed by atoms with E-state index in [-0.39, 0.29) is 5.41 Å². The van der Waals surface area contributed by atoms with Crippen LogP contribution in [-0.2, 0) is 6.42 Å². The number of benzene rings is 1. The summed E-state index contributed by atoms with van der Waals surface area (Å²) in [7, 11) is 1.69. The molecule has 0 aliphatic rings. The van der Waals surface area contributed by atoms with Crippen molar-refractivity contribution < 1.29 is 4.74 Å². The fourth-order valence-electron chi connectivity index (χ4n) is 2.05. The summed E-state index contributed by atoms with van der Waals surface area (Å²) >= 11 is 0. The van der Waals surface area contributed by atoms with Gasteiger partial charge in [0.1, 0.15) is 5.75 Å². The standard InChI is InChI=1S/C15H26N2O/c1-5-15(2,3)14(17-16)11-8-12-6-9-13(18-4)10-7-12/h6-7,9-10,14,17H,5,8,11,16H2,1-4H3. The number of ether oxygens (including phenoxy) is 1. The molecule has 3 N–H and O–H groups in total. The van der Waals surface area contributed by atoms with Crippen LogP contribution in [0.5, 0.6) is 5.75 Å². The predicted molar refractivity (Wildman–Crippen MR) is 76.5 cm³/mol. The lowest BCUT2D eigenvalue weighted by Gasteiger charge is -2.33. The van der Waals surface area contributed by atoms with Gasteiger partial charge >= 0.3 is 0 Å². The van der Waals surface area contributed by atoms with Gasteiger partial charge in [-0.1, -0.05) is 32.9 Å². The van der Waals surface area contributed by atoms with Gasteiger partial charge in [0.05, 0.1) is 7.11 Å². The smallest absolute Gasteiger partial charge is 0.118 e. The molecule has 0 aliphatic carbocycles. The zero-order valence-electron chi connectivity index (χ0n) is 12.0. The van der Waals surface area contributed by atoms with E-state index in [1.165, 1.54) is 5.56 Å². The van der Waals surface area contributed by atoms with Crippen LogP contribution in [0, 0.1) is 5.41 Å². The molecule has 0 bridgehead atoms. The van der Waals surface area contributed by atoms with E-state index in [2.05, 4.69) is 38.3 Å². The molecule has 102 valence electrons. The molecule has 0 aliphatic heterocycles. The Balaban J connectivity index is 2.57. The Morgan fingerprint density at radius 1 is 1.28 bits per heavy atom. The lowest BCUT2D eigenvalue weighted by molar-refractivity contribution is 0.222. The van der Waals surface area contributed by atoms with Crippen molar-refractivity contribution in [2.24, 2.45) is 11.3 Å². The van der Waals surface area contributed by atoms with Gasteiger partial charge < -0.3 is 4.74 Å². The summed E-state index contributed by atoms with van der Waals surface area (Å²) in [4.78, 5) is 0. The first-order valence-electron chi connectivity index (χ1n) is 6.62. The minimum Gasteiger partial charge on any atom is -0.497 e. The fourth-order valence-corrected chi connectivity index (χ4v) is 2.05. The lowest BCUT2D eigenvalue weighted by Crippen LogP contribution is -2.45. The quantitative estimate of drug-likeness (QED) is 0.578. The first-order chi connectivity index (χ1) is 8.53. The van der Waals surface area contributed by atoms with Crippen LogP contribution in [0.3, 0.4) is 0 Å². The highest BCUT2D eigenvalue weighted by Crippen LogP contribution is 2.27. The highest BCUT2D eigenvalue weighted by molar-refractivity contribution is 5.27. The average Bonchev–Trinajstić information content (AvgIpc) is 2.40. The molecule has 1 aromatic carbocycles. The van der Waals surface area contributed by atoms with Gasteiger partial charge in [-0.2, -0.15) is 0 Å². The molecule has 1 aromatic rings. The Morgan fingerprint density at radius 2 is 1.89 bits per heavy atom. The molecule has 1 atom stereocenters. The molecule has 0 fully saturated rings. The summed E-state index contributed by atoms with van der Waals surface area (Å²) in [6, 6.07) is 8.58. The number of hydrazine groups is 1. The van der Waals surface area contributed by atoms with Crippen LogP contribution in [-0.4, -0.2) is 13.2 Å². The first-order valence-corrected chi connectivity index (χ1v) is 6.62. The molecule has 0 heterocycles. The van der Waals surface area contributed by atoms with Gasteiger partial charge in [0.2, 0.25) is 0 Å². The third-order valence-electron chi connectivity index (χ3n) is 3.94. The minimum atomic E-state index is 0.223. The molecule has 0 saturated heterocycles. The van der Waals surface area contributed by atoms with Crippen molar-refractivity contribution in [1.29, 1.82) is 0 Å². The maximum Gasteiger partial charge on any atom is 0.118 e. The maximum atomic E-state index is 5.67. The Hall–Kier alpha value is -1.06. The molecule has 3 nitrogen and oxygen atoms in total. The van der Waals surface area contributed by atoms with Gasteiger partial charge in [-0.05, 0) is 42.4 Å². The highest BCUT2D eigenvalue weighted by Gasteiger charge is 2.26. The number of hydrogen-bond donors (Lipinski definition) is 2. The summed E-state index contributed by atoms with van der Waals surface area (Å²) in [5.74, 6) is 6.58. The van der Waals surface area contributed by atoms with Gasteiger partial charge in [-0.25, -0.2) is 0 Å². The summed E-state index contributed by atoms with van der Waals surface area (Å²) in [6.45, 7) is 6.72. The number of rotatable bonds is 7. The van der Waals surface area contributed by atoms with Crippen molar-refractivity contribution in [2.75, 3.05) is 7.11 Å². The van der Waals surface area contributed by atoms with Gasteiger partial charge in [0.15, 0.2) is 0 Å². The van der Waals surface area contributed by atoms with Crippen LogP contribution in [0.1, 0.15) is 39.2 Å². The molecule has 0 radical (unpaired) electrons. The molecular formula is C15H26N2O. The summed E-state index contributed by atoms with van der Waals surface area (Å²) in [5.41, 5.74) is 4.51. The second-order valence-electron chi connectivity index (χ2n) is 5.45. The van der Waals surface area contributed by atoms with Gasteiger partial charge in [0.25, 0.3) is 0 Å². The SMILES string of the molecule is CCC(C)(C)C(CCc1ccc(OC)cc1)NN. The zero-order valence-corrected chi connectivity index (χ0v) is 12.0. The van der Waals surface area contributed by atoms with Crippen LogP contribution in [0.2, 0.25) is 0 Å². The number of nitrogens with one attached hydrogen (secondary N) is 1. The van der Waals surface area contributed by atoms with Gasteiger partial charge in [-0.15, -0.1) is 0 Å². The van der Waals surface area contributed by atoms with E-state index < -0.39 is 0 Å². The van der Waals surface area contributed by atoms with E-state index in [0.717, 1.165) is 25.0 Å². The summed E-state index contributed by atoms with van der Waals surface area (Å²) in [6.07, 6.45) is 3.19.